The number of rotatable bonds is 13. The van der Waals surface area contributed by atoms with E-state index in [4.69, 9.17) is 11.6 Å². The highest BCUT2D eigenvalue weighted by molar-refractivity contribution is 9.10. The van der Waals surface area contributed by atoms with Crippen LogP contribution in [0.15, 0.2) is 46.9 Å². The smallest absolute Gasteiger partial charge is 0.254 e. The van der Waals surface area contributed by atoms with Crippen molar-refractivity contribution in [3.63, 3.8) is 0 Å². The number of aromatic amines is 1. The average Bonchev–Trinajstić information content (AvgIpc) is 3.45. The summed E-state index contributed by atoms with van der Waals surface area (Å²) in [7, 11) is 0. The van der Waals surface area contributed by atoms with Gasteiger partial charge in [0.15, 0.2) is 0 Å². The SMILES string of the molecule is O=CNCCN1CCN(C(=O)CCC(=O)N2CCN(CCNC(=O)c3c(/C=C/c4ccc(Cl)cc4)[nH]c4cc(Br)ccc34)CC2)CC1. The Hall–Kier alpha value is -3.71. The molecule has 0 spiro atoms. The van der Waals surface area contributed by atoms with Crippen molar-refractivity contribution < 1.29 is 19.2 Å². The number of fused-ring (bicyclic) bond motifs is 1. The zero-order valence-electron chi connectivity index (χ0n) is 26.4. The highest BCUT2D eigenvalue weighted by Crippen LogP contribution is 2.27. The summed E-state index contributed by atoms with van der Waals surface area (Å²) in [4.78, 5) is 61.0. The number of amides is 4. The molecule has 3 heterocycles. The number of carbonyl (C=O) groups is 4. The highest BCUT2D eigenvalue weighted by Gasteiger charge is 2.25. The first-order valence-corrected chi connectivity index (χ1v) is 17.2. The van der Waals surface area contributed by atoms with Crippen molar-refractivity contribution in [2.75, 3.05) is 78.5 Å². The molecular weight excluding hydrogens is 686 g/mol. The molecule has 4 amide bonds. The molecule has 0 radical (unpaired) electrons. The third kappa shape index (κ3) is 9.66. The number of hydrogen-bond acceptors (Lipinski definition) is 6. The minimum atomic E-state index is -0.149. The van der Waals surface area contributed by atoms with Gasteiger partial charge in [-0.3, -0.25) is 29.0 Å². The topological polar surface area (TPSA) is 121 Å². The standard InChI is InChI=1S/C34H41BrClN7O4/c35-26-4-7-28-30(23-26)39-29(8-3-25-1-5-27(36)6-2-25)33(28)34(47)38-12-14-41-17-21-43(22-18-41)32(46)10-9-31(45)42-19-15-40(16-20-42)13-11-37-24-44/h1-8,23-24,39H,9-22H2,(H,37,44)(H,38,47)/b8-3+. The maximum Gasteiger partial charge on any atom is 0.254 e. The monoisotopic (exact) mass is 725 g/mol. The van der Waals surface area contributed by atoms with Gasteiger partial charge in [0.05, 0.1) is 11.3 Å². The van der Waals surface area contributed by atoms with Crippen molar-refractivity contribution in [1.29, 1.82) is 0 Å². The van der Waals surface area contributed by atoms with Crippen LogP contribution in [0, 0.1) is 0 Å². The van der Waals surface area contributed by atoms with Crippen LogP contribution < -0.4 is 10.6 Å². The molecule has 3 N–H and O–H groups in total. The second kappa shape index (κ2) is 16.9. The summed E-state index contributed by atoms with van der Waals surface area (Å²) in [5.74, 6) is -0.121. The minimum Gasteiger partial charge on any atom is -0.357 e. The summed E-state index contributed by atoms with van der Waals surface area (Å²) in [6, 6.07) is 13.3. The molecule has 0 unspecified atom stereocenters. The molecule has 0 atom stereocenters. The number of benzene rings is 2. The predicted molar refractivity (Wildman–Crippen MR) is 188 cm³/mol. The molecule has 5 rings (SSSR count). The second-order valence-electron chi connectivity index (χ2n) is 11.8. The summed E-state index contributed by atoms with van der Waals surface area (Å²) in [5, 5.41) is 7.27. The van der Waals surface area contributed by atoms with Crippen molar-refractivity contribution in [2.24, 2.45) is 0 Å². The van der Waals surface area contributed by atoms with Gasteiger partial charge in [0.2, 0.25) is 18.2 Å². The van der Waals surface area contributed by atoms with Gasteiger partial charge >= 0.3 is 0 Å². The van der Waals surface area contributed by atoms with E-state index in [9.17, 15) is 19.2 Å². The van der Waals surface area contributed by atoms with Crippen molar-refractivity contribution in [3.05, 3.63) is 68.8 Å². The quantitative estimate of drug-likeness (QED) is 0.184. The molecular formula is C34H41BrClN7O4. The number of aromatic nitrogens is 1. The van der Waals surface area contributed by atoms with Gasteiger partial charge in [-0.15, -0.1) is 0 Å². The van der Waals surface area contributed by atoms with Gasteiger partial charge in [-0.1, -0.05) is 51.8 Å². The Morgan fingerprint density at radius 3 is 2.00 bits per heavy atom. The third-order valence-corrected chi connectivity index (χ3v) is 9.45. The summed E-state index contributed by atoms with van der Waals surface area (Å²) < 4.78 is 0.923. The predicted octanol–water partition coefficient (Wildman–Crippen LogP) is 3.30. The average molecular weight is 727 g/mol. The molecule has 13 heteroatoms. The molecule has 2 fully saturated rings. The van der Waals surface area contributed by atoms with Crippen molar-refractivity contribution in [1.82, 2.24) is 35.2 Å². The summed E-state index contributed by atoms with van der Waals surface area (Å²) in [5.41, 5.74) is 3.16. The molecule has 2 aliphatic rings. The first kappa shape index (κ1) is 34.6. The van der Waals surface area contributed by atoms with Crippen LogP contribution in [0.25, 0.3) is 23.1 Å². The fourth-order valence-electron chi connectivity index (χ4n) is 5.98. The van der Waals surface area contributed by atoms with E-state index in [0.29, 0.717) is 75.9 Å². The maximum absolute atomic E-state index is 13.5. The Balaban J connectivity index is 1.05. The molecule has 47 heavy (non-hydrogen) atoms. The van der Waals surface area contributed by atoms with Crippen LogP contribution >= 0.6 is 27.5 Å². The fourth-order valence-corrected chi connectivity index (χ4v) is 6.47. The molecule has 2 aromatic carbocycles. The number of nitrogens with zero attached hydrogens (tertiary/aromatic N) is 4. The van der Waals surface area contributed by atoms with E-state index >= 15 is 0 Å². The Labute approximate surface area is 288 Å². The van der Waals surface area contributed by atoms with E-state index in [1.807, 2.05) is 64.4 Å². The maximum atomic E-state index is 13.5. The van der Waals surface area contributed by atoms with Crippen LogP contribution in [0.4, 0.5) is 0 Å². The zero-order chi connectivity index (χ0) is 33.2. The normalized spacial score (nSPS) is 16.1. The van der Waals surface area contributed by atoms with Gasteiger partial charge in [0, 0.05) is 112 Å². The third-order valence-electron chi connectivity index (χ3n) is 8.70. The number of halogens is 2. The lowest BCUT2D eigenvalue weighted by atomic mass is 10.1. The van der Waals surface area contributed by atoms with Crippen molar-refractivity contribution in [3.8, 4) is 0 Å². The lowest BCUT2D eigenvalue weighted by Crippen LogP contribution is -2.51. The van der Waals surface area contributed by atoms with Gasteiger partial charge < -0.3 is 25.4 Å². The van der Waals surface area contributed by atoms with E-state index < -0.39 is 0 Å². The number of H-pyrrole nitrogens is 1. The van der Waals surface area contributed by atoms with Gasteiger partial charge in [-0.2, -0.15) is 0 Å². The van der Waals surface area contributed by atoms with Gasteiger partial charge in [-0.05, 0) is 35.9 Å². The number of nitrogens with one attached hydrogen (secondary N) is 3. The summed E-state index contributed by atoms with van der Waals surface area (Å²) in [6.07, 6.45) is 4.99. The van der Waals surface area contributed by atoms with Crippen molar-refractivity contribution >= 4 is 74.7 Å². The first-order valence-electron chi connectivity index (χ1n) is 16.0. The van der Waals surface area contributed by atoms with Crippen LogP contribution in [0.5, 0.6) is 0 Å². The summed E-state index contributed by atoms with van der Waals surface area (Å²) in [6.45, 7) is 7.98. The van der Waals surface area contributed by atoms with Crippen LogP contribution in [-0.4, -0.2) is 127 Å². The lowest BCUT2D eigenvalue weighted by molar-refractivity contribution is -0.138. The Morgan fingerprint density at radius 2 is 1.40 bits per heavy atom. The van der Waals surface area contributed by atoms with Crippen LogP contribution in [0.2, 0.25) is 5.02 Å². The van der Waals surface area contributed by atoms with Crippen LogP contribution in [-0.2, 0) is 14.4 Å². The van der Waals surface area contributed by atoms with E-state index in [0.717, 1.165) is 46.3 Å². The largest absolute Gasteiger partial charge is 0.357 e. The second-order valence-corrected chi connectivity index (χ2v) is 13.1. The zero-order valence-corrected chi connectivity index (χ0v) is 28.7. The molecule has 250 valence electrons. The number of hydrogen-bond donors (Lipinski definition) is 3. The Kier molecular flexibility index (Phi) is 12.5. The van der Waals surface area contributed by atoms with Crippen LogP contribution in [0.1, 0.15) is 34.5 Å². The van der Waals surface area contributed by atoms with Gasteiger partial charge in [0.25, 0.3) is 5.91 Å². The summed E-state index contributed by atoms with van der Waals surface area (Å²) >= 11 is 9.54. The molecule has 3 aromatic rings. The molecule has 0 bridgehead atoms. The van der Waals surface area contributed by atoms with E-state index in [1.165, 1.54) is 0 Å². The Morgan fingerprint density at radius 1 is 0.809 bits per heavy atom. The van der Waals surface area contributed by atoms with Gasteiger partial charge in [0.1, 0.15) is 0 Å². The molecule has 1 aromatic heterocycles. The molecule has 0 aliphatic carbocycles. The lowest BCUT2D eigenvalue weighted by Gasteiger charge is -2.36. The first-order chi connectivity index (χ1) is 22.8. The van der Waals surface area contributed by atoms with E-state index in [1.54, 1.807) is 0 Å². The molecule has 0 saturated carbocycles. The minimum absolute atomic E-state index is 0.00929. The van der Waals surface area contributed by atoms with E-state index in [-0.39, 0.29) is 30.6 Å². The Bertz CT molecular complexity index is 1580. The molecule has 2 aliphatic heterocycles. The fraction of sp³-hybridized carbons (Fsp3) is 0.412. The molecule has 2 saturated heterocycles. The van der Waals surface area contributed by atoms with Crippen LogP contribution in [0.3, 0.4) is 0 Å². The number of piperazine rings is 2. The highest BCUT2D eigenvalue weighted by atomic mass is 79.9. The van der Waals surface area contributed by atoms with Crippen molar-refractivity contribution in [2.45, 2.75) is 12.8 Å². The van der Waals surface area contributed by atoms with Gasteiger partial charge in [-0.25, -0.2) is 0 Å². The van der Waals surface area contributed by atoms with E-state index in [2.05, 4.69) is 41.3 Å². The molecule has 11 nitrogen and oxygen atoms in total. The number of carbonyl (C=O) groups excluding carboxylic acids is 4.